The maximum atomic E-state index is 5.41. The zero-order valence-electron chi connectivity index (χ0n) is 12.1. The minimum Gasteiger partial charge on any atom is -0.339 e. The lowest BCUT2D eigenvalue weighted by molar-refractivity contribution is 0.194. The third-order valence-corrected chi connectivity index (χ3v) is 4.38. The summed E-state index contributed by atoms with van der Waals surface area (Å²) in [6, 6.07) is 4.13. The summed E-state index contributed by atoms with van der Waals surface area (Å²) in [5, 5.41) is 4.22. The smallest absolute Gasteiger partial charge is 0.229 e. The van der Waals surface area contributed by atoms with Gasteiger partial charge in [0, 0.05) is 37.3 Å². The quantitative estimate of drug-likeness (QED) is 0.864. The van der Waals surface area contributed by atoms with Crippen LogP contribution in [0.1, 0.15) is 54.8 Å². The van der Waals surface area contributed by atoms with Gasteiger partial charge in [0.25, 0.3) is 0 Å². The second-order valence-electron chi connectivity index (χ2n) is 6.20. The molecule has 2 fully saturated rings. The number of hydrogen-bond acceptors (Lipinski definition) is 5. The van der Waals surface area contributed by atoms with Gasteiger partial charge < -0.3 is 4.52 Å². The highest BCUT2D eigenvalue weighted by atomic mass is 16.5. The normalized spacial score (nSPS) is 23.3. The largest absolute Gasteiger partial charge is 0.339 e. The van der Waals surface area contributed by atoms with Crippen molar-refractivity contribution in [1.82, 2.24) is 20.0 Å². The second-order valence-corrected chi connectivity index (χ2v) is 6.20. The zero-order valence-corrected chi connectivity index (χ0v) is 12.1. The van der Waals surface area contributed by atoms with Crippen molar-refractivity contribution in [2.24, 2.45) is 0 Å². The highest BCUT2D eigenvalue weighted by Gasteiger charge is 2.32. The average Bonchev–Trinajstić information content (AvgIpc) is 3.26. The Morgan fingerprint density at radius 1 is 1.24 bits per heavy atom. The number of nitrogens with zero attached hydrogens (tertiary/aromatic N) is 4. The Balaban J connectivity index is 1.42. The molecule has 3 heterocycles. The molecule has 0 aromatic carbocycles. The van der Waals surface area contributed by atoms with Gasteiger partial charge in [-0.15, -0.1) is 0 Å². The highest BCUT2D eigenvalue weighted by molar-refractivity contribution is 5.09. The van der Waals surface area contributed by atoms with E-state index in [0.29, 0.717) is 11.8 Å². The minimum absolute atomic E-state index is 0.409. The fraction of sp³-hybridized carbons (Fsp3) is 0.562. The van der Waals surface area contributed by atoms with Crippen LogP contribution in [0, 0.1) is 0 Å². The third kappa shape index (κ3) is 2.97. The van der Waals surface area contributed by atoms with Crippen LogP contribution in [0.5, 0.6) is 0 Å². The van der Waals surface area contributed by atoms with E-state index >= 15 is 0 Å². The average molecular weight is 284 g/mol. The topological polar surface area (TPSA) is 55.1 Å². The molecule has 4 rings (SSSR count). The highest BCUT2D eigenvalue weighted by Crippen LogP contribution is 2.39. The van der Waals surface area contributed by atoms with E-state index in [-0.39, 0.29) is 0 Å². The Morgan fingerprint density at radius 3 is 3.00 bits per heavy atom. The van der Waals surface area contributed by atoms with Gasteiger partial charge in [0.05, 0.1) is 0 Å². The number of piperidine rings is 1. The van der Waals surface area contributed by atoms with Crippen molar-refractivity contribution < 1.29 is 4.52 Å². The van der Waals surface area contributed by atoms with Crippen molar-refractivity contribution in [2.45, 2.75) is 44.1 Å². The van der Waals surface area contributed by atoms with Crippen LogP contribution in [-0.2, 0) is 6.54 Å². The van der Waals surface area contributed by atoms with Crippen molar-refractivity contribution in [2.75, 3.05) is 13.1 Å². The van der Waals surface area contributed by atoms with Gasteiger partial charge in [0.1, 0.15) is 0 Å². The Bertz CT molecular complexity index is 593. The summed E-state index contributed by atoms with van der Waals surface area (Å²) in [6.07, 6.45) is 8.54. The molecule has 21 heavy (non-hydrogen) atoms. The molecule has 1 aliphatic carbocycles. The number of likely N-dealkylation sites (tertiary alicyclic amines) is 1. The van der Waals surface area contributed by atoms with E-state index in [2.05, 4.69) is 26.1 Å². The van der Waals surface area contributed by atoms with Crippen LogP contribution < -0.4 is 0 Å². The van der Waals surface area contributed by atoms with E-state index in [1.807, 2.05) is 18.5 Å². The first kappa shape index (κ1) is 13.0. The van der Waals surface area contributed by atoms with Gasteiger partial charge in [-0.05, 0) is 43.9 Å². The number of aromatic nitrogens is 3. The van der Waals surface area contributed by atoms with Gasteiger partial charge in [0.2, 0.25) is 5.89 Å². The standard InChI is InChI=1S/C16H20N4O/c1-3-12(9-17-7-1)10-20-8-2-4-14(11-20)15-18-16(21-19-15)13-5-6-13/h1,3,7,9,13-14H,2,4-6,8,10-11H2. The van der Waals surface area contributed by atoms with Crippen molar-refractivity contribution >= 4 is 0 Å². The molecule has 1 saturated heterocycles. The van der Waals surface area contributed by atoms with Crippen LogP contribution in [0.4, 0.5) is 0 Å². The molecule has 0 spiro atoms. The Morgan fingerprint density at radius 2 is 2.19 bits per heavy atom. The molecule has 1 atom stereocenters. The number of pyridine rings is 1. The maximum Gasteiger partial charge on any atom is 0.229 e. The molecule has 1 aliphatic heterocycles. The molecule has 0 N–H and O–H groups in total. The van der Waals surface area contributed by atoms with Crippen LogP contribution in [-0.4, -0.2) is 33.1 Å². The summed E-state index contributed by atoms with van der Waals surface area (Å²) in [5.74, 6) is 2.72. The lowest BCUT2D eigenvalue weighted by Gasteiger charge is -2.31. The summed E-state index contributed by atoms with van der Waals surface area (Å²) >= 11 is 0. The first-order valence-corrected chi connectivity index (χ1v) is 7.83. The van der Waals surface area contributed by atoms with E-state index in [9.17, 15) is 0 Å². The molecule has 1 saturated carbocycles. The molecule has 110 valence electrons. The van der Waals surface area contributed by atoms with Crippen molar-refractivity contribution in [3.63, 3.8) is 0 Å². The molecule has 2 aliphatic rings. The van der Waals surface area contributed by atoms with E-state index in [0.717, 1.165) is 37.8 Å². The van der Waals surface area contributed by atoms with Crippen molar-refractivity contribution in [1.29, 1.82) is 0 Å². The van der Waals surface area contributed by atoms with Crippen LogP contribution in [0.3, 0.4) is 0 Å². The molecule has 2 aromatic rings. The molecule has 0 radical (unpaired) electrons. The van der Waals surface area contributed by atoms with Crippen LogP contribution in [0.15, 0.2) is 29.0 Å². The van der Waals surface area contributed by atoms with Gasteiger partial charge in [-0.25, -0.2) is 0 Å². The third-order valence-electron chi connectivity index (χ3n) is 4.38. The number of hydrogen-bond donors (Lipinski definition) is 0. The van der Waals surface area contributed by atoms with E-state index < -0.39 is 0 Å². The lowest BCUT2D eigenvalue weighted by Crippen LogP contribution is -2.34. The van der Waals surface area contributed by atoms with E-state index in [1.165, 1.54) is 24.8 Å². The lowest BCUT2D eigenvalue weighted by atomic mass is 9.97. The number of rotatable bonds is 4. The fourth-order valence-corrected chi connectivity index (χ4v) is 3.07. The predicted octanol–water partition coefficient (Wildman–Crippen LogP) is 2.72. The summed E-state index contributed by atoms with van der Waals surface area (Å²) < 4.78 is 5.41. The molecule has 5 nitrogen and oxygen atoms in total. The predicted molar refractivity (Wildman–Crippen MR) is 77.8 cm³/mol. The molecular weight excluding hydrogens is 264 g/mol. The van der Waals surface area contributed by atoms with Crippen LogP contribution in [0.2, 0.25) is 0 Å². The summed E-state index contributed by atoms with van der Waals surface area (Å²) in [4.78, 5) is 11.3. The fourth-order valence-electron chi connectivity index (χ4n) is 3.07. The van der Waals surface area contributed by atoms with Gasteiger partial charge in [-0.1, -0.05) is 11.2 Å². The monoisotopic (exact) mass is 284 g/mol. The van der Waals surface area contributed by atoms with Crippen molar-refractivity contribution in [3.8, 4) is 0 Å². The first-order valence-electron chi connectivity index (χ1n) is 7.83. The van der Waals surface area contributed by atoms with E-state index in [1.54, 1.807) is 0 Å². The van der Waals surface area contributed by atoms with E-state index in [4.69, 9.17) is 4.52 Å². The molecule has 0 amide bonds. The van der Waals surface area contributed by atoms with Gasteiger partial charge in [-0.2, -0.15) is 4.98 Å². The maximum absolute atomic E-state index is 5.41. The molecule has 5 heteroatoms. The zero-order chi connectivity index (χ0) is 14.1. The summed E-state index contributed by atoms with van der Waals surface area (Å²) in [5.41, 5.74) is 1.27. The minimum atomic E-state index is 0.409. The van der Waals surface area contributed by atoms with Gasteiger partial charge in [0.15, 0.2) is 5.82 Å². The van der Waals surface area contributed by atoms with Crippen LogP contribution in [0.25, 0.3) is 0 Å². The molecule has 1 unspecified atom stereocenters. The molecular formula is C16H20N4O. The summed E-state index contributed by atoms with van der Waals surface area (Å²) in [7, 11) is 0. The Hall–Kier alpha value is -1.75. The Kier molecular flexibility index (Phi) is 3.43. The molecule has 2 aromatic heterocycles. The van der Waals surface area contributed by atoms with Crippen LogP contribution >= 0.6 is 0 Å². The van der Waals surface area contributed by atoms with Crippen molar-refractivity contribution in [3.05, 3.63) is 41.8 Å². The Labute approximate surface area is 124 Å². The summed E-state index contributed by atoms with van der Waals surface area (Å²) in [6.45, 7) is 3.11. The van der Waals surface area contributed by atoms with Gasteiger partial charge in [-0.3, -0.25) is 9.88 Å². The first-order chi connectivity index (χ1) is 10.4. The van der Waals surface area contributed by atoms with Gasteiger partial charge >= 0.3 is 0 Å². The molecule has 0 bridgehead atoms. The SMILES string of the molecule is c1cncc(CN2CCCC(c3noc(C4CC4)n3)C2)c1. The second kappa shape index (κ2) is 5.56.